The van der Waals surface area contributed by atoms with E-state index in [2.05, 4.69) is 193 Å². The first-order valence-electron chi connectivity index (χ1n) is 18.0. The van der Waals surface area contributed by atoms with Crippen LogP contribution in [-0.2, 0) is 0 Å². The molecule has 0 radical (unpaired) electrons. The van der Waals surface area contributed by atoms with Gasteiger partial charge in [-0.2, -0.15) is 0 Å². The molecule has 248 valence electrons. The van der Waals surface area contributed by atoms with E-state index in [-0.39, 0.29) is 0 Å². The minimum Gasteiger partial charge on any atom is -0.456 e. The van der Waals surface area contributed by atoms with Crippen LogP contribution in [0.2, 0.25) is 0 Å². The molecule has 0 fully saturated rings. The van der Waals surface area contributed by atoms with Gasteiger partial charge in [0, 0.05) is 39.0 Å². The highest BCUT2D eigenvalue weighted by atomic mass is 16.3. The molecule has 0 N–H and O–H groups in total. The summed E-state index contributed by atoms with van der Waals surface area (Å²) < 4.78 is 13.9. The van der Waals surface area contributed by atoms with E-state index in [1.54, 1.807) is 0 Å². The zero-order valence-corrected chi connectivity index (χ0v) is 28.7. The maximum atomic E-state index is 7.03. The summed E-state index contributed by atoms with van der Waals surface area (Å²) in [5.74, 6) is 0. The normalized spacial score (nSPS) is 11.8. The van der Waals surface area contributed by atoms with Crippen molar-refractivity contribution in [2.75, 3.05) is 4.90 Å². The number of furan rings is 2. The average Bonchev–Trinajstić information content (AvgIpc) is 3.77. The molecular formula is C50H31NO2. The van der Waals surface area contributed by atoms with Crippen LogP contribution in [0.25, 0.3) is 87.7 Å². The number of hydrogen-bond acceptors (Lipinski definition) is 3. The van der Waals surface area contributed by atoms with E-state index >= 15 is 0 Å². The van der Waals surface area contributed by atoms with Crippen LogP contribution in [0.5, 0.6) is 0 Å². The van der Waals surface area contributed by atoms with Crippen LogP contribution in [0.3, 0.4) is 0 Å². The molecule has 0 saturated heterocycles. The number of benzene rings is 9. The third kappa shape index (κ3) is 4.82. The van der Waals surface area contributed by atoms with Crippen LogP contribution < -0.4 is 4.90 Å². The van der Waals surface area contributed by atoms with Crippen molar-refractivity contribution in [3.8, 4) is 22.3 Å². The monoisotopic (exact) mass is 677 g/mol. The second-order valence-electron chi connectivity index (χ2n) is 13.7. The van der Waals surface area contributed by atoms with Crippen molar-refractivity contribution in [2.45, 2.75) is 0 Å². The summed E-state index contributed by atoms with van der Waals surface area (Å²) in [7, 11) is 0. The van der Waals surface area contributed by atoms with Crippen molar-refractivity contribution >= 4 is 82.5 Å². The smallest absolute Gasteiger partial charge is 0.160 e. The topological polar surface area (TPSA) is 29.5 Å². The van der Waals surface area contributed by atoms with Crippen molar-refractivity contribution < 1.29 is 8.83 Å². The Morgan fingerprint density at radius 3 is 1.25 bits per heavy atom. The molecule has 0 spiro atoms. The van der Waals surface area contributed by atoms with E-state index in [0.29, 0.717) is 0 Å². The number of nitrogens with zero attached hydrogens (tertiary/aromatic N) is 1. The number of rotatable bonds is 5. The lowest BCUT2D eigenvalue weighted by Gasteiger charge is -2.26. The van der Waals surface area contributed by atoms with Gasteiger partial charge >= 0.3 is 0 Å². The van der Waals surface area contributed by atoms with Gasteiger partial charge in [0.1, 0.15) is 16.7 Å². The SMILES string of the molecule is c1ccc(-c2ccc(N(c3ccc(-c4ccccc4)cc3)c3cc4oc5cc6ccccc6cc5c4c4c3oc3cc5ccccc5cc34)cc2)cc1. The summed E-state index contributed by atoms with van der Waals surface area (Å²) in [6, 6.07) is 66.6. The van der Waals surface area contributed by atoms with Gasteiger partial charge in [-0.1, -0.05) is 133 Å². The van der Waals surface area contributed by atoms with Gasteiger partial charge in [0.25, 0.3) is 0 Å². The van der Waals surface area contributed by atoms with Crippen LogP contribution in [-0.4, -0.2) is 0 Å². The molecule has 0 amide bonds. The van der Waals surface area contributed by atoms with Crippen LogP contribution in [0.1, 0.15) is 0 Å². The van der Waals surface area contributed by atoms with Gasteiger partial charge in [0.15, 0.2) is 5.58 Å². The molecule has 53 heavy (non-hydrogen) atoms. The Morgan fingerprint density at radius 2 is 0.736 bits per heavy atom. The molecule has 11 aromatic rings. The Labute approximate surface area is 305 Å². The first kappa shape index (κ1) is 29.6. The second kappa shape index (κ2) is 11.7. The Morgan fingerprint density at radius 1 is 0.321 bits per heavy atom. The van der Waals surface area contributed by atoms with Gasteiger partial charge in [-0.25, -0.2) is 0 Å². The van der Waals surface area contributed by atoms with Crippen LogP contribution >= 0.6 is 0 Å². The molecule has 0 saturated carbocycles. The quantitative estimate of drug-likeness (QED) is 0.182. The van der Waals surface area contributed by atoms with Crippen LogP contribution in [0, 0.1) is 0 Å². The van der Waals surface area contributed by atoms with E-state index in [1.807, 2.05) is 0 Å². The fourth-order valence-electron chi connectivity index (χ4n) is 8.02. The summed E-state index contributed by atoms with van der Waals surface area (Å²) in [5, 5.41) is 8.91. The average molecular weight is 678 g/mol. The Bertz CT molecular complexity index is 3060. The largest absolute Gasteiger partial charge is 0.456 e. The molecule has 0 unspecified atom stereocenters. The molecule has 2 aromatic heterocycles. The number of anilines is 3. The van der Waals surface area contributed by atoms with E-state index < -0.39 is 0 Å². The minimum absolute atomic E-state index is 0.818. The van der Waals surface area contributed by atoms with Gasteiger partial charge in [-0.05, 0) is 92.3 Å². The Kier molecular flexibility index (Phi) is 6.55. The van der Waals surface area contributed by atoms with Crippen LogP contribution in [0.15, 0.2) is 197 Å². The minimum atomic E-state index is 0.818. The number of fused-ring (bicyclic) bond motifs is 9. The summed E-state index contributed by atoms with van der Waals surface area (Å²) in [6.07, 6.45) is 0. The predicted molar refractivity (Wildman–Crippen MR) is 222 cm³/mol. The van der Waals surface area contributed by atoms with E-state index in [0.717, 1.165) is 82.8 Å². The second-order valence-corrected chi connectivity index (χ2v) is 13.7. The molecule has 0 bridgehead atoms. The van der Waals surface area contributed by atoms with Gasteiger partial charge < -0.3 is 13.7 Å². The van der Waals surface area contributed by atoms with Crippen molar-refractivity contribution in [3.05, 3.63) is 188 Å². The summed E-state index contributed by atoms with van der Waals surface area (Å²) >= 11 is 0. The molecule has 0 atom stereocenters. The molecule has 11 rings (SSSR count). The highest BCUT2D eigenvalue weighted by Crippen LogP contribution is 2.49. The molecule has 0 aliphatic heterocycles. The maximum absolute atomic E-state index is 7.03. The van der Waals surface area contributed by atoms with E-state index in [9.17, 15) is 0 Å². The lowest BCUT2D eigenvalue weighted by atomic mass is 9.99. The first-order chi connectivity index (χ1) is 26.2. The zero-order chi connectivity index (χ0) is 34.9. The Balaban J connectivity index is 1.21. The van der Waals surface area contributed by atoms with E-state index in [1.165, 1.54) is 21.9 Å². The standard InChI is InChI=1S/C50H31NO2/c1-3-11-32(12-4-1)34-19-23-40(24-20-34)51(41-25-21-35(22-26-41)33-13-5-2-6-14-33)44-31-47-48(42-27-36-15-7-9-17-38(36)29-45(42)52-47)49-43-28-37-16-8-10-18-39(37)30-46(43)53-50(44)49/h1-31H. The van der Waals surface area contributed by atoms with Gasteiger partial charge in [-0.3, -0.25) is 0 Å². The highest BCUT2D eigenvalue weighted by Gasteiger charge is 2.25. The Hall–Kier alpha value is -7.10. The summed E-state index contributed by atoms with van der Waals surface area (Å²) in [6.45, 7) is 0. The van der Waals surface area contributed by atoms with Gasteiger partial charge in [-0.15, -0.1) is 0 Å². The third-order valence-electron chi connectivity index (χ3n) is 10.6. The van der Waals surface area contributed by atoms with Crippen molar-refractivity contribution in [1.29, 1.82) is 0 Å². The van der Waals surface area contributed by atoms with Gasteiger partial charge in [0.2, 0.25) is 0 Å². The van der Waals surface area contributed by atoms with Crippen LogP contribution in [0.4, 0.5) is 17.1 Å². The maximum Gasteiger partial charge on any atom is 0.160 e. The number of hydrogen-bond donors (Lipinski definition) is 0. The van der Waals surface area contributed by atoms with E-state index in [4.69, 9.17) is 8.83 Å². The van der Waals surface area contributed by atoms with Crippen molar-refractivity contribution in [2.24, 2.45) is 0 Å². The fourth-order valence-corrected chi connectivity index (χ4v) is 8.02. The third-order valence-corrected chi connectivity index (χ3v) is 10.6. The zero-order valence-electron chi connectivity index (χ0n) is 28.7. The lowest BCUT2D eigenvalue weighted by molar-refractivity contribution is 0.663. The fraction of sp³-hybridized carbons (Fsp3) is 0. The molecule has 3 heteroatoms. The van der Waals surface area contributed by atoms with Crippen molar-refractivity contribution in [1.82, 2.24) is 0 Å². The molecule has 3 nitrogen and oxygen atoms in total. The summed E-state index contributed by atoms with van der Waals surface area (Å²) in [5.41, 5.74) is 11.0. The lowest BCUT2D eigenvalue weighted by Crippen LogP contribution is -2.10. The summed E-state index contributed by atoms with van der Waals surface area (Å²) in [4.78, 5) is 2.30. The molecule has 9 aromatic carbocycles. The first-order valence-corrected chi connectivity index (χ1v) is 18.0. The predicted octanol–water partition coefficient (Wildman–Crippen LogP) is 14.6. The van der Waals surface area contributed by atoms with Crippen molar-refractivity contribution in [3.63, 3.8) is 0 Å². The highest BCUT2D eigenvalue weighted by molar-refractivity contribution is 6.30. The molecule has 2 heterocycles. The molecule has 0 aliphatic rings. The molecule has 0 aliphatic carbocycles. The molecular weight excluding hydrogens is 647 g/mol. The van der Waals surface area contributed by atoms with Gasteiger partial charge in [0.05, 0.1) is 5.69 Å².